The Kier molecular flexibility index (Phi) is 6.35. The molecule has 1 saturated heterocycles. The van der Waals surface area contributed by atoms with Crippen LogP contribution < -0.4 is 4.74 Å². The minimum Gasteiger partial charge on any atom is -0.494 e. The van der Waals surface area contributed by atoms with Crippen LogP contribution >= 0.6 is 0 Å². The van der Waals surface area contributed by atoms with E-state index in [-0.39, 0.29) is 5.91 Å². The van der Waals surface area contributed by atoms with Crippen molar-refractivity contribution in [1.29, 1.82) is 0 Å². The predicted molar refractivity (Wildman–Crippen MR) is 112 cm³/mol. The molecule has 2 heterocycles. The van der Waals surface area contributed by atoms with E-state index in [1.165, 1.54) is 12.8 Å². The molecule has 0 atom stereocenters. The molecular weight excluding hydrogens is 368 g/mol. The third-order valence-corrected chi connectivity index (χ3v) is 5.84. The van der Waals surface area contributed by atoms with Crippen LogP contribution in [0.15, 0.2) is 18.2 Å². The molecular formula is C22H32N4O3. The zero-order chi connectivity index (χ0) is 20.2. The lowest BCUT2D eigenvalue weighted by molar-refractivity contribution is 0.0361. The average Bonchev–Trinajstić information content (AvgIpc) is 3.50. The van der Waals surface area contributed by atoms with Crippen LogP contribution in [-0.2, 0) is 11.3 Å². The van der Waals surface area contributed by atoms with E-state index in [9.17, 15) is 4.79 Å². The van der Waals surface area contributed by atoms with E-state index in [2.05, 4.69) is 11.8 Å². The van der Waals surface area contributed by atoms with Crippen LogP contribution in [0.2, 0.25) is 0 Å². The molecule has 1 aromatic heterocycles. The number of morpholine rings is 1. The van der Waals surface area contributed by atoms with E-state index < -0.39 is 0 Å². The minimum absolute atomic E-state index is 0.0436. The van der Waals surface area contributed by atoms with Gasteiger partial charge in [-0.3, -0.25) is 14.4 Å². The second-order valence-electron chi connectivity index (χ2n) is 8.08. The summed E-state index contributed by atoms with van der Waals surface area (Å²) in [7, 11) is 1.67. The van der Waals surface area contributed by atoms with Crippen molar-refractivity contribution in [3.05, 3.63) is 23.9 Å². The molecule has 0 radical (unpaired) electrons. The van der Waals surface area contributed by atoms with E-state index in [4.69, 9.17) is 14.6 Å². The molecule has 0 unspecified atom stereocenters. The van der Waals surface area contributed by atoms with Gasteiger partial charge in [-0.25, -0.2) is 0 Å². The van der Waals surface area contributed by atoms with Crippen molar-refractivity contribution in [1.82, 2.24) is 19.6 Å². The van der Waals surface area contributed by atoms with Gasteiger partial charge in [0.1, 0.15) is 11.3 Å². The second-order valence-corrected chi connectivity index (χ2v) is 8.08. The highest BCUT2D eigenvalue weighted by Gasteiger charge is 2.29. The highest BCUT2D eigenvalue weighted by Crippen LogP contribution is 2.32. The van der Waals surface area contributed by atoms with Crippen LogP contribution in [0.25, 0.3) is 10.9 Å². The Morgan fingerprint density at radius 1 is 1.28 bits per heavy atom. The first kappa shape index (κ1) is 20.2. The first-order chi connectivity index (χ1) is 14.2. The van der Waals surface area contributed by atoms with Crippen LogP contribution in [0.3, 0.4) is 0 Å². The molecule has 1 saturated carbocycles. The highest BCUT2D eigenvalue weighted by molar-refractivity contribution is 6.06. The SMILES string of the molecule is CCCN(CC1CC1)C(=O)c1nn(CCN2CCOCC2)c2c(OC)cccc12. The molecule has 1 aliphatic heterocycles. The van der Waals surface area contributed by atoms with Gasteiger partial charge in [0.25, 0.3) is 5.91 Å². The molecule has 2 fully saturated rings. The number of amides is 1. The number of fused-ring (bicyclic) bond motifs is 1. The van der Waals surface area contributed by atoms with Crippen LogP contribution in [0.1, 0.15) is 36.7 Å². The third-order valence-electron chi connectivity index (χ3n) is 5.84. The quantitative estimate of drug-likeness (QED) is 0.648. The molecule has 1 aliphatic carbocycles. The molecule has 158 valence electrons. The number of hydrogen-bond donors (Lipinski definition) is 0. The molecule has 0 N–H and O–H groups in total. The smallest absolute Gasteiger partial charge is 0.275 e. The minimum atomic E-state index is 0.0436. The van der Waals surface area contributed by atoms with Crippen LogP contribution in [0.4, 0.5) is 0 Å². The zero-order valence-corrected chi connectivity index (χ0v) is 17.6. The maximum Gasteiger partial charge on any atom is 0.275 e. The number of carbonyl (C=O) groups excluding carboxylic acids is 1. The lowest BCUT2D eigenvalue weighted by atomic mass is 10.1. The van der Waals surface area contributed by atoms with Crippen molar-refractivity contribution in [2.75, 3.05) is 53.0 Å². The van der Waals surface area contributed by atoms with Gasteiger partial charge in [-0.05, 0) is 31.2 Å². The van der Waals surface area contributed by atoms with Gasteiger partial charge in [0.05, 0.1) is 26.9 Å². The van der Waals surface area contributed by atoms with Gasteiger partial charge in [-0.15, -0.1) is 0 Å². The number of aromatic nitrogens is 2. The number of rotatable bonds is 9. The number of nitrogens with zero attached hydrogens (tertiary/aromatic N) is 4. The number of hydrogen-bond acceptors (Lipinski definition) is 5. The van der Waals surface area contributed by atoms with Gasteiger partial charge in [0.2, 0.25) is 0 Å². The summed E-state index contributed by atoms with van der Waals surface area (Å²) in [5, 5.41) is 5.68. The van der Waals surface area contributed by atoms with Gasteiger partial charge < -0.3 is 14.4 Å². The fourth-order valence-corrected chi connectivity index (χ4v) is 4.06. The van der Waals surface area contributed by atoms with Gasteiger partial charge in [0, 0.05) is 38.1 Å². The average molecular weight is 401 g/mol. The second kappa shape index (κ2) is 9.13. The molecule has 4 rings (SSSR count). The normalized spacial score (nSPS) is 17.6. The van der Waals surface area contributed by atoms with Gasteiger partial charge in [-0.2, -0.15) is 5.10 Å². The number of para-hydroxylation sites is 1. The molecule has 1 aromatic carbocycles. The first-order valence-corrected chi connectivity index (χ1v) is 10.8. The van der Waals surface area contributed by atoms with Gasteiger partial charge in [-0.1, -0.05) is 19.1 Å². The molecule has 2 aliphatic rings. The molecule has 1 amide bonds. The molecule has 0 spiro atoms. The number of carbonyl (C=O) groups is 1. The van der Waals surface area contributed by atoms with Gasteiger partial charge >= 0.3 is 0 Å². The van der Waals surface area contributed by atoms with E-state index in [1.54, 1.807) is 7.11 Å². The summed E-state index contributed by atoms with van der Waals surface area (Å²) in [6.07, 6.45) is 3.42. The molecule has 0 bridgehead atoms. The lowest BCUT2D eigenvalue weighted by Gasteiger charge is -2.26. The summed E-state index contributed by atoms with van der Waals surface area (Å²) in [5.74, 6) is 1.47. The van der Waals surface area contributed by atoms with E-state index in [0.29, 0.717) is 11.6 Å². The standard InChI is InChI=1S/C22H32N4O3/c1-3-9-25(16-17-7-8-17)22(27)20-18-5-4-6-19(28-2)21(18)26(23-20)11-10-24-12-14-29-15-13-24/h4-6,17H,3,7-16H2,1-2H3. The molecule has 2 aromatic rings. The number of ether oxygens (including phenoxy) is 2. The van der Waals surface area contributed by atoms with Crippen molar-refractivity contribution in [2.24, 2.45) is 5.92 Å². The Balaban J connectivity index is 1.63. The van der Waals surface area contributed by atoms with Crippen molar-refractivity contribution >= 4 is 16.8 Å². The number of methoxy groups -OCH3 is 1. The van der Waals surface area contributed by atoms with Crippen LogP contribution in [0.5, 0.6) is 5.75 Å². The van der Waals surface area contributed by atoms with Crippen molar-refractivity contribution in [2.45, 2.75) is 32.7 Å². The zero-order valence-electron chi connectivity index (χ0n) is 17.6. The third kappa shape index (κ3) is 4.56. The monoisotopic (exact) mass is 400 g/mol. The first-order valence-electron chi connectivity index (χ1n) is 10.8. The van der Waals surface area contributed by atoms with E-state index in [0.717, 1.165) is 75.6 Å². The topological polar surface area (TPSA) is 59.8 Å². The van der Waals surface area contributed by atoms with E-state index >= 15 is 0 Å². The summed E-state index contributed by atoms with van der Waals surface area (Å²) in [4.78, 5) is 17.8. The molecule has 29 heavy (non-hydrogen) atoms. The van der Waals surface area contributed by atoms with Crippen molar-refractivity contribution in [3.8, 4) is 5.75 Å². The maximum atomic E-state index is 13.4. The summed E-state index contributed by atoms with van der Waals surface area (Å²) < 4.78 is 13.0. The fourth-order valence-electron chi connectivity index (χ4n) is 4.06. The van der Waals surface area contributed by atoms with Crippen LogP contribution in [0, 0.1) is 5.92 Å². The Bertz CT molecular complexity index is 840. The Labute approximate surface area is 172 Å². The lowest BCUT2D eigenvalue weighted by Crippen LogP contribution is -2.38. The fraction of sp³-hybridized carbons (Fsp3) is 0.636. The largest absolute Gasteiger partial charge is 0.494 e. The summed E-state index contributed by atoms with van der Waals surface area (Å²) in [6.45, 7) is 8.78. The Morgan fingerprint density at radius 2 is 2.07 bits per heavy atom. The summed E-state index contributed by atoms with van der Waals surface area (Å²) in [6, 6.07) is 5.87. The highest BCUT2D eigenvalue weighted by atomic mass is 16.5. The Morgan fingerprint density at radius 3 is 2.76 bits per heavy atom. The summed E-state index contributed by atoms with van der Waals surface area (Å²) in [5.41, 5.74) is 1.46. The summed E-state index contributed by atoms with van der Waals surface area (Å²) >= 11 is 0. The predicted octanol–water partition coefficient (Wildman–Crippen LogP) is 2.64. The number of benzene rings is 1. The maximum absolute atomic E-state index is 13.4. The molecule has 7 nitrogen and oxygen atoms in total. The van der Waals surface area contributed by atoms with Crippen molar-refractivity contribution < 1.29 is 14.3 Å². The van der Waals surface area contributed by atoms with E-state index in [1.807, 2.05) is 27.8 Å². The molecule has 7 heteroatoms. The van der Waals surface area contributed by atoms with Crippen molar-refractivity contribution in [3.63, 3.8) is 0 Å². The van der Waals surface area contributed by atoms with Crippen LogP contribution in [-0.4, -0.2) is 78.5 Å². The Hall–Kier alpha value is -2.12. The van der Waals surface area contributed by atoms with Gasteiger partial charge in [0.15, 0.2) is 5.69 Å².